The molecule has 1 aromatic heterocycles. The summed E-state index contributed by atoms with van der Waals surface area (Å²) >= 11 is 0. The predicted molar refractivity (Wildman–Crippen MR) is 98.7 cm³/mol. The van der Waals surface area contributed by atoms with Crippen LogP contribution in [-0.4, -0.2) is 33.0 Å². The summed E-state index contributed by atoms with van der Waals surface area (Å²) in [5.74, 6) is 0. The molecular weight excluding hydrogens is 385 g/mol. The lowest BCUT2D eigenvalue weighted by atomic mass is 10.1. The van der Waals surface area contributed by atoms with E-state index < -0.39 is 17.8 Å². The van der Waals surface area contributed by atoms with Gasteiger partial charge in [-0.1, -0.05) is 47.7 Å². The Morgan fingerprint density at radius 2 is 1.83 bits per heavy atom. The Morgan fingerprint density at radius 3 is 2.55 bits per heavy atom. The highest BCUT2D eigenvalue weighted by Crippen LogP contribution is 2.29. The van der Waals surface area contributed by atoms with Crippen molar-refractivity contribution in [1.82, 2.24) is 19.9 Å². The molecule has 0 unspecified atom stereocenters. The Morgan fingerprint density at radius 1 is 1.10 bits per heavy atom. The van der Waals surface area contributed by atoms with E-state index >= 15 is 0 Å². The zero-order valence-electron chi connectivity index (χ0n) is 15.6. The Labute approximate surface area is 165 Å². The van der Waals surface area contributed by atoms with Gasteiger partial charge in [0.25, 0.3) is 0 Å². The van der Waals surface area contributed by atoms with Crippen LogP contribution in [0, 0.1) is 0 Å². The van der Waals surface area contributed by atoms with Crippen molar-refractivity contribution in [1.29, 1.82) is 0 Å². The van der Waals surface area contributed by atoms with Gasteiger partial charge in [0, 0.05) is 13.6 Å². The van der Waals surface area contributed by atoms with Crippen LogP contribution in [0.2, 0.25) is 0 Å². The van der Waals surface area contributed by atoms with Crippen LogP contribution in [0.1, 0.15) is 22.4 Å². The zero-order chi connectivity index (χ0) is 20.9. The number of alkyl halides is 3. The number of carbonyl (C=O) groups excluding carboxylic acids is 1. The van der Waals surface area contributed by atoms with Gasteiger partial charge in [-0.2, -0.15) is 13.2 Å². The second-order valence-electron chi connectivity index (χ2n) is 6.50. The Kier molecular flexibility index (Phi) is 6.16. The number of amides is 1. The van der Waals surface area contributed by atoms with E-state index in [1.165, 1.54) is 21.8 Å². The van der Waals surface area contributed by atoms with E-state index in [0.29, 0.717) is 17.8 Å². The standard InChI is InChI=1S/C20H19F3N4O2/c1-26(11-15-6-3-2-4-7-15)19(28)29-14-18-13-27(25-24-18)12-16-8-5-9-17(10-16)20(21,22)23/h2-10,13H,11-12,14H2,1H3. The summed E-state index contributed by atoms with van der Waals surface area (Å²) in [6.45, 7) is 0.446. The van der Waals surface area contributed by atoms with Gasteiger partial charge in [0.2, 0.25) is 0 Å². The molecule has 1 heterocycles. The summed E-state index contributed by atoms with van der Waals surface area (Å²) in [5, 5.41) is 7.77. The average molecular weight is 404 g/mol. The van der Waals surface area contributed by atoms with Crippen molar-refractivity contribution < 1.29 is 22.7 Å². The third-order valence-corrected chi connectivity index (χ3v) is 4.10. The number of hydrogen-bond acceptors (Lipinski definition) is 4. The van der Waals surface area contributed by atoms with Gasteiger partial charge in [-0.05, 0) is 23.3 Å². The molecule has 0 aliphatic rings. The average Bonchev–Trinajstić information content (AvgIpc) is 3.13. The predicted octanol–water partition coefficient (Wildman–Crippen LogP) is 4.11. The second kappa shape index (κ2) is 8.76. The first-order valence-corrected chi connectivity index (χ1v) is 8.78. The minimum atomic E-state index is -4.40. The van der Waals surface area contributed by atoms with Crippen molar-refractivity contribution in [3.05, 3.63) is 83.2 Å². The van der Waals surface area contributed by atoms with E-state index in [4.69, 9.17) is 4.74 Å². The van der Waals surface area contributed by atoms with Crippen LogP contribution in [0.15, 0.2) is 60.8 Å². The summed E-state index contributed by atoms with van der Waals surface area (Å²) in [7, 11) is 1.62. The van der Waals surface area contributed by atoms with Crippen LogP contribution < -0.4 is 0 Å². The number of benzene rings is 2. The Balaban J connectivity index is 1.53. The summed E-state index contributed by atoms with van der Waals surface area (Å²) in [6.07, 6.45) is -3.38. The highest BCUT2D eigenvalue weighted by atomic mass is 19.4. The first kappa shape index (κ1) is 20.4. The molecule has 0 atom stereocenters. The van der Waals surface area contributed by atoms with Crippen molar-refractivity contribution in [3.63, 3.8) is 0 Å². The lowest BCUT2D eigenvalue weighted by Crippen LogP contribution is -2.26. The van der Waals surface area contributed by atoms with E-state index in [1.54, 1.807) is 13.1 Å². The highest BCUT2D eigenvalue weighted by molar-refractivity contribution is 5.67. The van der Waals surface area contributed by atoms with Crippen molar-refractivity contribution in [3.8, 4) is 0 Å². The molecule has 0 aliphatic carbocycles. The lowest BCUT2D eigenvalue weighted by Gasteiger charge is -2.16. The number of hydrogen-bond donors (Lipinski definition) is 0. The number of ether oxygens (including phenoxy) is 1. The fourth-order valence-corrected chi connectivity index (χ4v) is 2.68. The monoisotopic (exact) mass is 404 g/mol. The maximum absolute atomic E-state index is 12.8. The molecule has 29 heavy (non-hydrogen) atoms. The van der Waals surface area contributed by atoms with Crippen molar-refractivity contribution in [2.75, 3.05) is 7.05 Å². The molecular formula is C20H19F3N4O2. The molecule has 0 spiro atoms. The number of rotatable bonds is 6. The first-order valence-electron chi connectivity index (χ1n) is 8.78. The third kappa shape index (κ3) is 5.81. The van der Waals surface area contributed by atoms with Crippen LogP contribution in [0.4, 0.5) is 18.0 Å². The van der Waals surface area contributed by atoms with E-state index in [-0.39, 0.29) is 13.2 Å². The number of carbonyl (C=O) groups is 1. The minimum Gasteiger partial charge on any atom is -0.443 e. The van der Waals surface area contributed by atoms with Crippen molar-refractivity contribution in [2.45, 2.75) is 25.9 Å². The van der Waals surface area contributed by atoms with Crippen LogP contribution in [0.3, 0.4) is 0 Å². The molecule has 152 valence electrons. The van der Waals surface area contributed by atoms with Gasteiger partial charge < -0.3 is 9.64 Å². The quantitative estimate of drug-likeness (QED) is 0.620. The molecule has 9 heteroatoms. The van der Waals surface area contributed by atoms with Gasteiger partial charge in [-0.25, -0.2) is 9.48 Å². The third-order valence-electron chi connectivity index (χ3n) is 4.10. The molecule has 6 nitrogen and oxygen atoms in total. The van der Waals surface area contributed by atoms with E-state index in [1.807, 2.05) is 30.3 Å². The summed E-state index contributed by atoms with van der Waals surface area (Å²) in [4.78, 5) is 13.5. The van der Waals surface area contributed by atoms with Crippen LogP contribution >= 0.6 is 0 Å². The van der Waals surface area contributed by atoms with Gasteiger partial charge in [-0.15, -0.1) is 5.10 Å². The van der Waals surface area contributed by atoms with Crippen LogP contribution in [-0.2, 0) is 30.6 Å². The molecule has 0 saturated heterocycles. The molecule has 2 aromatic carbocycles. The molecule has 0 fully saturated rings. The number of aromatic nitrogens is 3. The second-order valence-corrected chi connectivity index (χ2v) is 6.50. The number of nitrogens with zero attached hydrogens (tertiary/aromatic N) is 4. The largest absolute Gasteiger partial charge is 0.443 e. The first-order chi connectivity index (χ1) is 13.8. The smallest absolute Gasteiger partial charge is 0.416 e. The summed E-state index contributed by atoms with van der Waals surface area (Å²) < 4.78 is 45.0. The van der Waals surface area contributed by atoms with E-state index in [9.17, 15) is 18.0 Å². The van der Waals surface area contributed by atoms with Gasteiger partial charge >= 0.3 is 12.3 Å². The molecule has 3 rings (SSSR count). The summed E-state index contributed by atoms with van der Waals surface area (Å²) in [5.41, 5.74) is 1.10. The van der Waals surface area contributed by atoms with Crippen molar-refractivity contribution in [2.24, 2.45) is 0 Å². The van der Waals surface area contributed by atoms with Gasteiger partial charge in [0.15, 0.2) is 0 Å². The fraction of sp³-hybridized carbons (Fsp3) is 0.250. The highest BCUT2D eigenvalue weighted by Gasteiger charge is 2.30. The molecule has 3 aromatic rings. The van der Waals surface area contributed by atoms with E-state index in [0.717, 1.165) is 17.7 Å². The Bertz CT molecular complexity index is 958. The number of halogens is 3. The van der Waals surface area contributed by atoms with Crippen LogP contribution in [0.25, 0.3) is 0 Å². The fourth-order valence-electron chi connectivity index (χ4n) is 2.68. The SMILES string of the molecule is CN(Cc1ccccc1)C(=O)OCc1cn(Cc2cccc(C(F)(F)F)c2)nn1. The normalized spacial score (nSPS) is 11.3. The summed E-state index contributed by atoms with van der Waals surface area (Å²) in [6, 6.07) is 14.5. The topological polar surface area (TPSA) is 60.2 Å². The lowest BCUT2D eigenvalue weighted by molar-refractivity contribution is -0.137. The van der Waals surface area contributed by atoms with Gasteiger partial charge in [-0.3, -0.25) is 0 Å². The molecule has 0 N–H and O–H groups in total. The van der Waals surface area contributed by atoms with Crippen LogP contribution in [0.5, 0.6) is 0 Å². The molecule has 0 aliphatic heterocycles. The molecule has 0 saturated carbocycles. The van der Waals surface area contributed by atoms with Crippen molar-refractivity contribution >= 4 is 6.09 Å². The maximum atomic E-state index is 12.8. The maximum Gasteiger partial charge on any atom is 0.416 e. The zero-order valence-corrected chi connectivity index (χ0v) is 15.6. The van der Waals surface area contributed by atoms with Gasteiger partial charge in [0.1, 0.15) is 12.3 Å². The van der Waals surface area contributed by atoms with Gasteiger partial charge in [0.05, 0.1) is 18.3 Å². The molecule has 0 radical (unpaired) electrons. The van der Waals surface area contributed by atoms with E-state index in [2.05, 4.69) is 10.3 Å². The molecule has 0 bridgehead atoms. The minimum absolute atomic E-state index is 0.0828. The Hall–Kier alpha value is -3.36. The molecule has 1 amide bonds.